The molecule has 0 bridgehead atoms. The molecule has 90 valence electrons. The van der Waals surface area contributed by atoms with Gasteiger partial charge in [0.15, 0.2) is 0 Å². The molecule has 0 radical (unpaired) electrons. The number of rotatable bonds is 2. The van der Waals surface area contributed by atoms with Crippen LogP contribution in [0, 0.1) is 24.1 Å². The van der Waals surface area contributed by atoms with Gasteiger partial charge in [-0.3, -0.25) is 0 Å². The quantitative estimate of drug-likeness (QED) is 0.924. The maximum absolute atomic E-state index is 12.9. The van der Waals surface area contributed by atoms with E-state index in [4.69, 9.17) is 5.26 Å². The number of anilines is 2. The molecule has 0 saturated heterocycles. The molecule has 0 unspecified atom stereocenters. The van der Waals surface area contributed by atoms with Crippen molar-refractivity contribution in [3.05, 3.63) is 45.9 Å². The molecule has 1 heterocycles. The molecule has 0 atom stereocenters. The van der Waals surface area contributed by atoms with Crippen LogP contribution >= 0.6 is 15.9 Å². The van der Waals surface area contributed by atoms with E-state index >= 15 is 0 Å². The molecule has 0 saturated carbocycles. The molecule has 0 amide bonds. The van der Waals surface area contributed by atoms with Crippen LogP contribution in [0.2, 0.25) is 0 Å². The lowest BCUT2D eigenvalue weighted by Gasteiger charge is -2.07. The SMILES string of the molecule is Cc1cc(C#N)nc(Nc2ccc(F)cc2Br)n1. The van der Waals surface area contributed by atoms with Gasteiger partial charge in [-0.05, 0) is 47.1 Å². The molecular formula is C12H8BrFN4. The average Bonchev–Trinajstić information content (AvgIpc) is 2.32. The number of nitriles is 1. The number of nitrogens with zero attached hydrogens (tertiary/aromatic N) is 3. The topological polar surface area (TPSA) is 61.6 Å². The van der Waals surface area contributed by atoms with Crippen LogP contribution in [0.5, 0.6) is 0 Å². The normalized spacial score (nSPS) is 9.89. The first kappa shape index (κ1) is 12.5. The first-order valence-corrected chi connectivity index (χ1v) is 5.85. The number of hydrogen-bond donors (Lipinski definition) is 1. The molecule has 0 aliphatic heterocycles. The van der Waals surface area contributed by atoms with Crippen molar-refractivity contribution in [3.8, 4) is 6.07 Å². The van der Waals surface area contributed by atoms with E-state index in [9.17, 15) is 4.39 Å². The number of benzene rings is 1. The third-order valence-corrected chi connectivity index (χ3v) is 2.80. The van der Waals surface area contributed by atoms with Crippen molar-refractivity contribution >= 4 is 27.6 Å². The fourth-order valence-electron chi connectivity index (χ4n) is 1.39. The molecule has 1 aromatic heterocycles. The maximum atomic E-state index is 12.9. The van der Waals surface area contributed by atoms with Crippen LogP contribution in [0.25, 0.3) is 0 Å². The summed E-state index contributed by atoms with van der Waals surface area (Å²) in [5, 5.41) is 11.7. The van der Waals surface area contributed by atoms with E-state index in [1.807, 2.05) is 6.07 Å². The van der Waals surface area contributed by atoms with Gasteiger partial charge in [0.05, 0.1) is 5.69 Å². The largest absolute Gasteiger partial charge is 0.323 e. The Morgan fingerprint density at radius 1 is 1.33 bits per heavy atom. The van der Waals surface area contributed by atoms with Gasteiger partial charge in [0.25, 0.3) is 0 Å². The van der Waals surface area contributed by atoms with Crippen molar-refractivity contribution in [3.63, 3.8) is 0 Å². The van der Waals surface area contributed by atoms with Crippen LogP contribution in [-0.2, 0) is 0 Å². The Morgan fingerprint density at radius 3 is 2.78 bits per heavy atom. The van der Waals surface area contributed by atoms with Gasteiger partial charge in [-0.2, -0.15) is 5.26 Å². The fourth-order valence-corrected chi connectivity index (χ4v) is 1.84. The lowest BCUT2D eigenvalue weighted by Crippen LogP contribution is -2.01. The van der Waals surface area contributed by atoms with Crippen molar-refractivity contribution in [2.75, 3.05) is 5.32 Å². The van der Waals surface area contributed by atoms with E-state index < -0.39 is 0 Å². The monoisotopic (exact) mass is 306 g/mol. The van der Waals surface area contributed by atoms with Gasteiger partial charge >= 0.3 is 0 Å². The standard InChI is InChI=1S/C12H8BrFN4/c1-7-4-9(6-15)17-12(16-7)18-11-3-2-8(14)5-10(11)13/h2-5H,1H3,(H,16,17,18). The summed E-state index contributed by atoms with van der Waals surface area (Å²) in [4.78, 5) is 8.17. The van der Waals surface area contributed by atoms with E-state index in [1.54, 1.807) is 19.1 Å². The van der Waals surface area contributed by atoms with Gasteiger partial charge in [-0.15, -0.1) is 0 Å². The Hall–Kier alpha value is -2.00. The Balaban J connectivity index is 2.34. The van der Waals surface area contributed by atoms with E-state index in [2.05, 4.69) is 31.2 Å². The Labute approximate surface area is 112 Å². The van der Waals surface area contributed by atoms with Crippen LogP contribution in [0.1, 0.15) is 11.4 Å². The maximum Gasteiger partial charge on any atom is 0.228 e. The summed E-state index contributed by atoms with van der Waals surface area (Å²) in [6.45, 7) is 1.77. The van der Waals surface area contributed by atoms with Crippen LogP contribution < -0.4 is 5.32 Å². The van der Waals surface area contributed by atoms with Gasteiger partial charge in [-0.25, -0.2) is 14.4 Å². The summed E-state index contributed by atoms with van der Waals surface area (Å²) >= 11 is 3.24. The van der Waals surface area contributed by atoms with Crippen molar-refractivity contribution in [1.82, 2.24) is 9.97 Å². The molecule has 0 aliphatic carbocycles. The average molecular weight is 307 g/mol. The number of aromatic nitrogens is 2. The van der Waals surface area contributed by atoms with Crippen molar-refractivity contribution in [2.45, 2.75) is 6.92 Å². The zero-order chi connectivity index (χ0) is 13.1. The molecule has 6 heteroatoms. The number of nitrogens with one attached hydrogen (secondary N) is 1. The van der Waals surface area contributed by atoms with Gasteiger partial charge < -0.3 is 5.32 Å². The van der Waals surface area contributed by atoms with E-state index in [0.717, 1.165) is 0 Å². The van der Waals surface area contributed by atoms with Gasteiger partial charge in [0.1, 0.15) is 17.6 Å². The molecular weight excluding hydrogens is 299 g/mol. The molecule has 18 heavy (non-hydrogen) atoms. The number of hydrogen-bond acceptors (Lipinski definition) is 4. The highest BCUT2D eigenvalue weighted by Gasteiger charge is 2.05. The minimum atomic E-state index is -0.338. The minimum absolute atomic E-state index is 0.281. The first-order valence-electron chi connectivity index (χ1n) is 5.06. The second-order valence-corrected chi connectivity index (χ2v) is 4.43. The predicted molar refractivity (Wildman–Crippen MR) is 68.9 cm³/mol. The highest BCUT2D eigenvalue weighted by Crippen LogP contribution is 2.25. The molecule has 1 N–H and O–H groups in total. The van der Waals surface area contributed by atoms with Gasteiger partial charge in [-0.1, -0.05) is 0 Å². The molecule has 2 aromatic rings. The summed E-state index contributed by atoms with van der Waals surface area (Å²) in [6.07, 6.45) is 0. The molecule has 1 aromatic carbocycles. The zero-order valence-corrected chi connectivity index (χ0v) is 11.0. The zero-order valence-electron chi connectivity index (χ0n) is 9.41. The van der Waals surface area contributed by atoms with Crippen molar-refractivity contribution in [1.29, 1.82) is 5.26 Å². The van der Waals surface area contributed by atoms with Gasteiger partial charge in [0, 0.05) is 10.2 Å². The first-order chi connectivity index (χ1) is 8.58. The Morgan fingerprint density at radius 2 is 2.11 bits per heavy atom. The number of halogens is 2. The summed E-state index contributed by atoms with van der Waals surface area (Å²) in [5.74, 6) is -0.0332. The smallest absolute Gasteiger partial charge is 0.228 e. The fraction of sp³-hybridized carbons (Fsp3) is 0.0833. The second kappa shape index (κ2) is 5.10. The lowest BCUT2D eigenvalue weighted by molar-refractivity contribution is 0.627. The highest BCUT2D eigenvalue weighted by molar-refractivity contribution is 9.10. The highest BCUT2D eigenvalue weighted by atomic mass is 79.9. The van der Waals surface area contributed by atoms with Crippen molar-refractivity contribution in [2.24, 2.45) is 0 Å². The molecule has 4 nitrogen and oxygen atoms in total. The summed E-state index contributed by atoms with van der Waals surface area (Å²) in [5.41, 5.74) is 1.59. The minimum Gasteiger partial charge on any atom is -0.323 e. The third kappa shape index (κ3) is 2.81. The molecule has 0 aliphatic rings. The van der Waals surface area contributed by atoms with Crippen LogP contribution in [-0.4, -0.2) is 9.97 Å². The van der Waals surface area contributed by atoms with Crippen LogP contribution in [0.15, 0.2) is 28.7 Å². The summed E-state index contributed by atoms with van der Waals surface area (Å²) < 4.78 is 13.5. The van der Waals surface area contributed by atoms with Crippen LogP contribution in [0.4, 0.5) is 16.0 Å². The molecule has 0 fully saturated rings. The lowest BCUT2D eigenvalue weighted by atomic mass is 10.3. The van der Waals surface area contributed by atoms with E-state index in [0.29, 0.717) is 21.8 Å². The number of aryl methyl sites for hydroxylation is 1. The van der Waals surface area contributed by atoms with E-state index in [-0.39, 0.29) is 11.5 Å². The molecule has 2 rings (SSSR count). The molecule has 0 spiro atoms. The summed E-state index contributed by atoms with van der Waals surface area (Å²) in [7, 11) is 0. The summed E-state index contributed by atoms with van der Waals surface area (Å²) in [6, 6.07) is 7.77. The van der Waals surface area contributed by atoms with Gasteiger partial charge in [0.2, 0.25) is 5.95 Å². The van der Waals surface area contributed by atoms with Crippen LogP contribution in [0.3, 0.4) is 0 Å². The second-order valence-electron chi connectivity index (χ2n) is 3.58. The predicted octanol–water partition coefficient (Wildman–Crippen LogP) is 3.30. The van der Waals surface area contributed by atoms with Crippen molar-refractivity contribution < 1.29 is 4.39 Å². The Bertz CT molecular complexity index is 636. The Kier molecular flexibility index (Phi) is 3.53. The van der Waals surface area contributed by atoms with E-state index in [1.165, 1.54) is 12.1 Å². The third-order valence-electron chi connectivity index (χ3n) is 2.15.